The lowest BCUT2D eigenvalue weighted by molar-refractivity contribution is -0.161. The van der Waals surface area contributed by atoms with Crippen molar-refractivity contribution in [3.05, 3.63) is 0 Å². The van der Waals surface area contributed by atoms with E-state index in [1.807, 2.05) is 0 Å². The molecule has 3 N–H and O–H groups in total. The van der Waals surface area contributed by atoms with Gasteiger partial charge in [-0.05, 0) is 49.4 Å². The molecule has 0 amide bonds. The first-order valence-electron chi connectivity index (χ1n) is 41.8. The molecule has 0 saturated heterocycles. The highest BCUT2D eigenvalue weighted by molar-refractivity contribution is 7.47. The van der Waals surface area contributed by atoms with Gasteiger partial charge in [0, 0.05) is 25.7 Å². The molecule has 0 aromatic heterocycles. The molecule has 0 aliphatic rings. The lowest BCUT2D eigenvalue weighted by atomic mass is 9.99. The summed E-state index contributed by atoms with van der Waals surface area (Å²) in [4.78, 5) is 72.9. The Morgan fingerprint density at radius 1 is 0.280 bits per heavy atom. The smallest absolute Gasteiger partial charge is 0.462 e. The number of phosphoric acid groups is 2. The number of ether oxygens (including phenoxy) is 4. The van der Waals surface area contributed by atoms with E-state index in [9.17, 15) is 43.2 Å². The van der Waals surface area contributed by atoms with Gasteiger partial charge in [0.15, 0.2) is 12.2 Å². The van der Waals surface area contributed by atoms with Crippen LogP contribution in [0.25, 0.3) is 0 Å². The van der Waals surface area contributed by atoms with Crippen LogP contribution in [0.5, 0.6) is 0 Å². The van der Waals surface area contributed by atoms with Crippen molar-refractivity contribution in [1.29, 1.82) is 0 Å². The fourth-order valence-corrected chi connectivity index (χ4v) is 13.9. The summed E-state index contributed by atoms with van der Waals surface area (Å²) in [7, 11) is -9.92. The molecule has 17 nitrogen and oxygen atoms in total. The van der Waals surface area contributed by atoms with Crippen LogP contribution in [0.4, 0.5) is 0 Å². The Morgan fingerprint density at radius 2 is 0.480 bits per heavy atom. The minimum absolute atomic E-state index is 0.103. The molecule has 4 unspecified atom stereocenters. The summed E-state index contributed by atoms with van der Waals surface area (Å²) in [6, 6.07) is 0. The fourth-order valence-electron chi connectivity index (χ4n) is 12.4. The second-order valence-electron chi connectivity index (χ2n) is 30.6. The van der Waals surface area contributed by atoms with Gasteiger partial charge in [0.2, 0.25) is 0 Å². The van der Waals surface area contributed by atoms with Crippen LogP contribution < -0.4 is 0 Å². The second-order valence-corrected chi connectivity index (χ2v) is 33.5. The summed E-state index contributed by atoms with van der Waals surface area (Å²) in [6.45, 7) is 14.2. The zero-order chi connectivity index (χ0) is 73.8. The van der Waals surface area contributed by atoms with E-state index >= 15 is 0 Å². The molecular formula is C81H158O17P2. The normalized spacial score (nSPS) is 14.6. The van der Waals surface area contributed by atoms with Crippen molar-refractivity contribution in [1.82, 2.24) is 0 Å². The first-order valence-corrected chi connectivity index (χ1v) is 44.8. The third-order valence-corrected chi connectivity index (χ3v) is 21.4. The topological polar surface area (TPSA) is 237 Å². The number of carbonyl (C=O) groups excluding carboxylic acids is 4. The molecule has 0 aliphatic heterocycles. The number of aliphatic hydroxyl groups is 1. The Morgan fingerprint density at radius 3 is 0.710 bits per heavy atom. The van der Waals surface area contributed by atoms with E-state index in [1.54, 1.807) is 0 Å². The second kappa shape index (κ2) is 70.1. The Hall–Kier alpha value is -1.94. The summed E-state index contributed by atoms with van der Waals surface area (Å²) in [5.41, 5.74) is 0. The largest absolute Gasteiger partial charge is 0.472 e. The minimum Gasteiger partial charge on any atom is -0.462 e. The average molecular weight is 1470 g/mol. The van der Waals surface area contributed by atoms with Gasteiger partial charge in [0.25, 0.3) is 0 Å². The highest BCUT2D eigenvalue weighted by Crippen LogP contribution is 2.45. The maximum Gasteiger partial charge on any atom is 0.472 e. The molecule has 100 heavy (non-hydrogen) atoms. The van der Waals surface area contributed by atoms with Gasteiger partial charge in [-0.15, -0.1) is 0 Å². The maximum atomic E-state index is 13.1. The quantitative estimate of drug-likeness (QED) is 0.0222. The molecular weight excluding hydrogens is 1310 g/mol. The zero-order valence-electron chi connectivity index (χ0n) is 65.8. The van der Waals surface area contributed by atoms with Gasteiger partial charge in [-0.25, -0.2) is 9.13 Å². The SMILES string of the molecule is CCC(C)CCCCCCCCCCCCCCCCCCCCC(=O)OC[C@H](COP(=O)(O)OC[C@@H](O)COP(=O)(O)OC[C@@H](COC(=O)CCCCCCCCC(C)C)OC(=O)CCCCCCCCCCC(C)C)OC(=O)CCCCCCCCCCCCCCCCC(C)CC. The van der Waals surface area contributed by atoms with Crippen molar-refractivity contribution in [2.24, 2.45) is 23.7 Å². The highest BCUT2D eigenvalue weighted by Gasteiger charge is 2.30. The Kier molecular flexibility index (Phi) is 68.7. The lowest BCUT2D eigenvalue weighted by Gasteiger charge is -2.21. The Bertz CT molecular complexity index is 1960. The van der Waals surface area contributed by atoms with Gasteiger partial charge in [0.05, 0.1) is 26.4 Å². The van der Waals surface area contributed by atoms with Crippen molar-refractivity contribution in [3.8, 4) is 0 Å². The summed E-state index contributed by atoms with van der Waals surface area (Å²) in [5.74, 6) is 0.998. The predicted octanol–water partition coefficient (Wildman–Crippen LogP) is 24.0. The lowest BCUT2D eigenvalue weighted by Crippen LogP contribution is -2.30. The first-order chi connectivity index (χ1) is 48.2. The zero-order valence-corrected chi connectivity index (χ0v) is 67.6. The number of phosphoric ester groups is 2. The fraction of sp³-hybridized carbons (Fsp3) is 0.951. The summed E-state index contributed by atoms with van der Waals surface area (Å²) in [5, 5.41) is 10.6. The van der Waals surface area contributed by atoms with E-state index in [0.29, 0.717) is 31.6 Å². The van der Waals surface area contributed by atoms with E-state index in [-0.39, 0.29) is 25.7 Å². The molecule has 594 valence electrons. The van der Waals surface area contributed by atoms with Crippen molar-refractivity contribution in [3.63, 3.8) is 0 Å². The number of hydrogen-bond donors (Lipinski definition) is 3. The predicted molar refractivity (Wildman–Crippen MR) is 409 cm³/mol. The van der Waals surface area contributed by atoms with Gasteiger partial charge >= 0.3 is 39.5 Å². The molecule has 0 fully saturated rings. The van der Waals surface area contributed by atoms with E-state index in [2.05, 4.69) is 55.4 Å². The maximum absolute atomic E-state index is 13.1. The molecule has 0 radical (unpaired) electrons. The number of esters is 4. The number of unbranched alkanes of at least 4 members (excludes halogenated alkanes) is 42. The van der Waals surface area contributed by atoms with E-state index < -0.39 is 97.5 Å². The molecule has 0 rings (SSSR count). The van der Waals surface area contributed by atoms with E-state index in [4.69, 9.17) is 37.0 Å². The molecule has 0 aromatic rings. The molecule has 7 atom stereocenters. The van der Waals surface area contributed by atoms with Crippen LogP contribution in [0.15, 0.2) is 0 Å². The van der Waals surface area contributed by atoms with Crippen LogP contribution in [0.1, 0.15) is 415 Å². The molecule has 0 aromatic carbocycles. The van der Waals surface area contributed by atoms with Crippen LogP contribution in [-0.4, -0.2) is 96.7 Å². The van der Waals surface area contributed by atoms with Crippen LogP contribution in [0.3, 0.4) is 0 Å². The minimum atomic E-state index is -4.96. The van der Waals surface area contributed by atoms with Crippen molar-refractivity contribution in [2.75, 3.05) is 39.6 Å². The summed E-state index contributed by atoms with van der Waals surface area (Å²) in [6.07, 6.45) is 57.2. The van der Waals surface area contributed by atoms with Crippen LogP contribution >= 0.6 is 15.6 Å². The van der Waals surface area contributed by atoms with Gasteiger partial charge in [-0.1, -0.05) is 364 Å². The van der Waals surface area contributed by atoms with Gasteiger partial charge in [0.1, 0.15) is 19.3 Å². The van der Waals surface area contributed by atoms with Crippen LogP contribution in [0, 0.1) is 23.7 Å². The number of aliphatic hydroxyl groups excluding tert-OH is 1. The number of carbonyl (C=O) groups is 4. The van der Waals surface area contributed by atoms with Gasteiger partial charge in [-0.3, -0.25) is 37.3 Å². The van der Waals surface area contributed by atoms with E-state index in [0.717, 1.165) is 114 Å². The first kappa shape index (κ1) is 98.1. The highest BCUT2D eigenvalue weighted by atomic mass is 31.2. The van der Waals surface area contributed by atoms with E-state index in [1.165, 1.54) is 212 Å². The molecule has 0 bridgehead atoms. The molecule has 0 heterocycles. The standard InChI is InChI=1S/C81H158O17P2/c1-9-73(7)59-51-43-34-27-23-19-15-13-11-12-14-16-21-25-29-36-45-53-61-78(83)91-67-76(97-80(85)63-55-47-37-30-26-22-18-17-20-24-28-35-44-52-60-74(8)10-2)69-95-99(87,88)93-65-75(82)66-94-100(89,90)96-70-77(68-92-79(84)62-54-46-40-39-42-50-58-72(5)6)98-81(86)64-56-48-38-32-31-33-41-49-57-71(3)4/h71-77,82H,9-70H2,1-8H3,(H,87,88)(H,89,90)/t73?,74?,75-,76-,77-/m1/s1. The average Bonchev–Trinajstić information content (AvgIpc) is 0.923. The third kappa shape index (κ3) is 71.7. The molecule has 0 aliphatic carbocycles. The van der Waals surface area contributed by atoms with Crippen LogP contribution in [-0.2, 0) is 65.4 Å². The van der Waals surface area contributed by atoms with Crippen molar-refractivity contribution < 1.29 is 80.2 Å². The number of hydrogen-bond acceptors (Lipinski definition) is 15. The third-order valence-electron chi connectivity index (χ3n) is 19.5. The Labute approximate surface area is 613 Å². The monoisotopic (exact) mass is 1470 g/mol. The summed E-state index contributed by atoms with van der Waals surface area (Å²) >= 11 is 0. The molecule has 0 spiro atoms. The van der Waals surface area contributed by atoms with Crippen LogP contribution in [0.2, 0.25) is 0 Å². The molecule has 0 saturated carbocycles. The number of rotatable bonds is 78. The Balaban J connectivity index is 5.19. The van der Waals surface area contributed by atoms with Crippen molar-refractivity contribution in [2.45, 2.75) is 433 Å². The van der Waals surface area contributed by atoms with Crippen molar-refractivity contribution >= 4 is 39.5 Å². The molecule has 19 heteroatoms. The summed E-state index contributed by atoms with van der Waals surface area (Å²) < 4.78 is 68.6. The van der Waals surface area contributed by atoms with Gasteiger partial charge in [-0.2, -0.15) is 0 Å². The van der Waals surface area contributed by atoms with Gasteiger partial charge < -0.3 is 33.8 Å².